The van der Waals surface area contributed by atoms with Crippen molar-refractivity contribution in [2.24, 2.45) is 0 Å². The number of hydrogen-bond acceptors (Lipinski definition) is 4. The number of aryl methyl sites for hydroxylation is 1. The highest BCUT2D eigenvalue weighted by Gasteiger charge is 2.28. The van der Waals surface area contributed by atoms with Crippen LogP contribution in [0.1, 0.15) is 55.1 Å². The molecule has 0 atom stereocenters. The standard InChI is InChI=1S/C27H31N3O3S/c1-2-20-6-7-23-18-24(9-8-22(23)17-20)34(32,33)16-12-27(31)29-14-10-21(11-15-29)25-19-28-26-5-3-4-13-30(25)26/h2,6-9,17-19,21H,1,3-5,10-16H2. The number of likely N-dealkylation sites (tertiary alicyclic amines) is 1. The van der Waals surface area contributed by atoms with Crippen molar-refractivity contribution < 1.29 is 13.2 Å². The van der Waals surface area contributed by atoms with E-state index in [0.29, 0.717) is 19.0 Å². The zero-order chi connectivity index (χ0) is 23.7. The summed E-state index contributed by atoms with van der Waals surface area (Å²) in [4.78, 5) is 19.5. The summed E-state index contributed by atoms with van der Waals surface area (Å²) < 4.78 is 28.2. The highest BCUT2D eigenvalue weighted by molar-refractivity contribution is 7.91. The first-order chi connectivity index (χ1) is 16.4. The number of carbonyl (C=O) groups excluding carboxylic acids is 1. The largest absolute Gasteiger partial charge is 0.343 e. The molecule has 0 saturated carbocycles. The van der Waals surface area contributed by atoms with Crippen molar-refractivity contribution in [2.45, 2.75) is 55.9 Å². The molecule has 0 N–H and O–H groups in total. The average molecular weight is 478 g/mol. The van der Waals surface area contributed by atoms with Crippen LogP contribution in [0.4, 0.5) is 0 Å². The van der Waals surface area contributed by atoms with E-state index in [-0.39, 0.29) is 23.0 Å². The van der Waals surface area contributed by atoms with Gasteiger partial charge in [-0.1, -0.05) is 30.9 Å². The molecule has 0 radical (unpaired) electrons. The molecule has 0 spiro atoms. The molecule has 1 fully saturated rings. The number of hydrogen-bond donors (Lipinski definition) is 0. The van der Waals surface area contributed by atoms with Gasteiger partial charge in [0.25, 0.3) is 0 Å². The first-order valence-electron chi connectivity index (χ1n) is 12.2. The summed E-state index contributed by atoms with van der Waals surface area (Å²) in [6.45, 7) is 6.16. The molecule has 2 aliphatic heterocycles. The third kappa shape index (κ3) is 4.53. The molecule has 34 heavy (non-hydrogen) atoms. The van der Waals surface area contributed by atoms with Crippen LogP contribution in [0, 0.1) is 0 Å². The van der Waals surface area contributed by atoms with E-state index in [9.17, 15) is 13.2 Å². The Morgan fingerprint density at radius 3 is 2.62 bits per heavy atom. The molecule has 3 aromatic rings. The minimum absolute atomic E-state index is 0.0164. The zero-order valence-corrected chi connectivity index (χ0v) is 20.3. The Morgan fingerprint density at radius 1 is 1.06 bits per heavy atom. The van der Waals surface area contributed by atoms with Crippen LogP contribution in [0.5, 0.6) is 0 Å². The van der Waals surface area contributed by atoms with E-state index < -0.39 is 9.84 Å². The predicted molar refractivity (Wildman–Crippen MR) is 134 cm³/mol. The smallest absolute Gasteiger partial charge is 0.223 e. The zero-order valence-electron chi connectivity index (χ0n) is 19.4. The summed E-state index contributed by atoms with van der Waals surface area (Å²) in [5, 5.41) is 1.83. The van der Waals surface area contributed by atoms with Crippen LogP contribution < -0.4 is 0 Å². The van der Waals surface area contributed by atoms with Crippen LogP contribution in [0.3, 0.4) is 0 Å². The second-order valence-electron chi connectivity index (χ2n) is 9.40. The van der Waals surface area contributed by atoms with Crippen LogP contribution >= 0.6 is 0 Å². The monoisotopic (exact) mass is 477 g/mol. The van der Waals surface area contributed by atoms with Crippen LogP contribution in [-0.2, 0) is 27.6 Å². The topological polar surface area (TPSA) is 72.3 Å². The summed E-state index contributed by atoms with van der Waals surface area (Å²) in [5.74, 6) is 1.37. The molecule has 5 rings (SSSR count). The Labute approximate surface area is 201 Å². The second-order valence-corrected chi connectivity index (χ2v) is 11.5. The van der Waals surface area contributed by atoms with Gasteiger partial charge < -0.3 is 9.47 Å². The van der Waals surface area contributed by atoms with Gasteiger partial charge in [-0.3, -0.25) is 4.79 Å². The maximum atomic E-state index is 12.9. The first kappa shape index (κ1) is 22.8. The van der Waals surface area contributed by atoms with E-state index >= 15 is 0 Å². The molecule has 1 saturated heterocycles. The predicted octanol–water partition coefficient (Wildman–Crippen LogP) is 4.59. The van der Waals surface area contributed by atoms with Gasteiger partial charge >= 0.3 is 0 Å². The molecular formula is C27H31N3O3S. The fourth-order valence-corrected chi connectivity index (χ4v) is 6.51. The number of imidazole rings is 1. The number of fused-ring (bicyclic) bond motifs is 2. The lowest BCUT2D eigenvalue weighted by Gasteiger charge is -2.33. The Hall–Kier alpha value is -2.93. The number of nitrogens with zero attached hydrogens (tertiary/aromatic N) is 3. The average Bonchev–Trinajstić information content (AvgIpc) is 3.31. The molecule has 6 nitrogen and oxygen atoms in total. The lowest BCUT2D eigenvalue weighted by atomic mass is 9.93. The van der Waals surface area contributed by atoms with E-state index in [4.69, 9.17) is 0 Å². The molecule has 1 aromatic heterocycles. The fourth-order valence-electron chi connectivity index (χ4n) is 5.25. The molecule has 2 aromatic carbocycles. The Morgan fingerprint density at radius 2 is 1.82 bits per heavy atom. The quantitative estimate of drug-likeness (QED) is 0.521. The number of aromatic nitrogens is 2. The van der Waals surface area contributed by atoms with Crippen molar-refractivity contribution in [3.63, 3.8) is 0 Å². The number of piperidine rings is 1. The van der Waals surface area contributed by atoms with Crippen molar-refractivity contribution in [3.8, 4) is 0 Å². The highest BCUT2D eigenvalue weighted by atomic mass is 32.2. The van der Waals surface area contributed by atoms with Crippen LogP contribution in [0.15, 0.2) is 54.1 Å². The molecule has 2 aliphatic rings. The van der Waals surface area contributed by atoms with Crippen molar-refractivity contribution in [1.82, 2.24) is 14.5 Å². The van der Waals surface area contributed by atoms with Gasteiger partial charge in [0.15, 0.2) is 9.84 Å². The van der Waals surface area contributed by atoms with E-state index in [1.54, 1.807) is 18.2 Å². The van der Waals surface area contributed by atoms with Crippen molar-refractivity contribution in [1.29, 1.82) is 0 Å². The summed E-state index contributed by atoms with van der Waals surface area (Å²) in [6, 6.07) is 10.9. The number of rotatable bonds is 6. The molecule has 0 bridgehead atoms. The SMILES string of the molecule is C=Cc1ccc2cc(S(=O)(=O)CCC(=O)N3CCC(c4cnc5n4CCCC5)CC3)ccc2c1. The van der Waals surface area contributed by atoms with Crippen molar-refractivity contribution >= 4 is 32.6 Å². The van der Waals surface area contributed by atoms with Gasteiger partial charge in [0.05, 0.1) is 10.6 Å². The van der Waals surface area contributed by atoms with E-state index in [1.807, 2.05) is 35.4 Å². The van der Waals surface area contributed by atoms with Gasteiger partial charge in [-0.05, 0) is 60.2 Å². The third-order valence-electron chi connectivity index (χ3n) is 7.28. The summed E-state index contributed by atoms with van der Waals surface area (Å²) in [6.07, 6.45) is 9.08. The number of amides is 1. The minimum Gasteiger partial charge on any atom is -0.343 e. The van der Waals surface area contributed by atoms with Gasteiger partial charge in [-0.15, -0.1) is 0 Å². The molecule has 3 heterocycles. The molecular weight excluding hydrogens is 446 g/mol. The summed E-state index contributed by atoms with van der Waals surface area (Å²) in [5.41, 5.74) is 2.30. The molecule has 0 unspecified atom stereocenters. The van der Waals surface area contributed by atoms with E-state index in [2.05, 4.69) is 16.1 Å². The van der Waals surface area contributed by atoms with Crippen LogP contribution in [0.2, 0.25) is 0 Å². The van der Waals surface area contributed by atoms with Gasteiger partial charge in [-0.2, -0.15) is 0 Å². The normalized spacial score (nSPS) is 17.0. The lowest BCUT2D eigenvalue weighted by Crippen LogP contribution is -2.39. The number of sulfone groups is 1. The van der Waals surface area contributed by atoms with Crippen LogP contribution in [-0.4, -0.2) is 47.6 Å². The summed E-state index contributed by atoms with van der Waals surface area (Å²) in [7, 11) is -3.54. The molecule has 0 aliphatic carbocycles. The third-order valence-corrected chi connectivity index (χ3v) is 9.00. The van der Waals surface area contributed by atoms with Crippen LogP contribution in [0.25, 0.3) is 16.8 Å². The lowest BCUT2D eigenvalue weighted by molar-refractivity contribution is -0.131. The highest BCUT2D eigenvalue weighted by Crippen LogP contribution is 2.31. The summed E-state index contributed by atoms with van der Waals surface area (Å²) >= 11 is 0. The van der Waals surface area contributed by atoms with Gasteiger partial charge in [-0.25, -0.2) is 13.4 Å². The van der Waals surface area contributed by atoms with Crippen molar-refractivity contribution in [3.05, 3.63) is 66.3 Å². The number of benzene rings is 2. The van der Waals surface area contributed by atoms with E-state index in [1.165, 1.54) is 24.4 Å². The first-order valence-corrected chi connectivity index (χ1v) is 13.8. The molecule has 1 amide bonds. The number of carbonyl (C=O) groups is 1. The van der Waals surface area contributed by atoms with Gasteiger partial charge in [0.2, 0.25) is 5.91 Å². The second kappa shape index (κ2) is 9.37. The maximum absolute atomic E-state index is 12.9. The Kier molecular flexibility index (Phi) is 6.30. The minimum atomic E-state index is -3.54. The van der Waals surface area contributed by atoms with Gasteiger partial charge in [0, 0.05) is 50.3 Å². The van der Waals surface area contributed by atoms with Gasteiger partial charge in [0.1, 0.15) is 5.82 Å². The van der Waals surface area contributed by atoms with Crippen molar-refractivity contribution in [2.75, 3.05) is 18.8 Å². The maximum Gasteiger partial charge on any atom is 0.223 e. The molecule has 7 heteroatoms. The van der Waals surface area contributed by atoms with E-state index in [0.717, 1.165) is 42.1 Å². The fraction of sp³-hybridized carbons (Fsp3) is 0.407. The Balaban J connectivity index is 1.19. The Bertz CT molecular complexity index is 1330. The molecule has 178 valence electrons.